The van der Waals surface area contributed by atoms with Gasteiger partial charge in [-0.1, -0.05) is 104 Å². The molecule has 0 aliphatic carbocycles. The number of likely N-dealkylation sites (N-methyl/N-ethyl adjacent to an activating group) is 1. The van der Waals surface area contributed by atoms with E-state index in [0.717, 1.165) is 32.8 Å². The number of nitrogens with zero attached hydrogens (tertiary/aromatic N) is 1. The molecule has 8 nitrogen and oxygen atoms in total. The Morgan fingerprint density at radius 3 is 1.43 bits per heavy atom. The molecule has 1 saturated heterocycles. The van der Waals surface area contributed by atoms with Crippen LogP contribution >= 0.6 is 0 Å². The Bertz CT molecular complexity index is 472. The lowest BCUT2D eigenvalue weighted by molar-refractivity contribution is -0.362. The van der Waals surface area contributed by atoms with Crippen LogP contribution in [0.5, 0.6) is 0 Å². The molecule has 9 heteroatoms. The molecule has 1 aliphatic heterocycles. The highest BCUT2D eigenvalue weighted by atomic mass is 32.3. The van der Waals surface area contributed by atoms with Crippen LogP contribution in [0.1, 0.15) is 124 Å². The number of ether oxygens (including phenoxy) is 1. The van der Waals surface area contributed by atoms with Crippen LogP contribution in [0.3, 0.4) is 0 Å². The van der Waals surface area contributed by atoms with Crippen molar-refractivity contribution in [3.05, 3.63) is 0 Å². The molecule has 0 saturated carbocycles. The Morgan fingerprint density at radius 1 is 0.743 bits per heavy atom. The van der Waals surface area contributed by atoms with E-state index in [1.165, 1.54) is 103 Å². The van der Waals surface area contributed by atoms with Gasteiger partial charge in [-0.05, 0) is 26.8 Å². The van der Waals surface area contributed by atoms with Gasteiger partial charge in [-0.25, -0.2) is 0 Å². The number of morpholine rings is 1. The Kier molecular flexibility index (Phi) is 35.6. The van der Waals surface area contributed by atoms with E-state index in [1.807, 2.05) is 13.8 Å². The molecule has 1 atom stereocenters. The van der Waals surface area contributed by atoms with Crippen molar-refractivity contribution in [3.63, 3.8) is 0 Å². The summed E-state index contributed by atoms with van der Waals surface area (Å²) < 4.78 is 39.7. The first-order valence-electron chi connectivity index (χ1n) is 14.3. The first-order valence-corrected chi connectivity index (χ1v) is 15.6. The standard InChI is InChI=1S/C22H45NO.2C2H7N.H2O4S/c1-3-5-6-7-8-9-10-11-12-13-14-15-16-17-18-22-21-24-20-19-23(22)4-2;2*1-2-3;1-5(2,3)4/h22H,3-21H2,1-2H3;2*2-3H2,1H3;(H2,1,2,3,4). The fourth-order valence-electron chi connectivity index (χ4n) is 3.95. The summed E-state index contributed by atoms with van der Waals surface area (Å²) in [5.74, 6) is 0. The van der Waals surface area contributed by atoms with Crippen molar-refractivity contribution >= 4 is 10.4 Å². The number of hydrogen-bond acceptors (Lipinski definition) is 6. The first kappa shape index (κ1) is 39.2. The Morgan fingerprint density at radius 2 is 1.09 bits per heavy atom. The lowest BCUT2D eigenvalue weighted by Gasteiger charge is -2.34. The summed E-state index contributed by atoms with van der Waals surface area (Å²) in [5.41, 5.74) is 6.97. The largest absolute Gasteiger partial charge is 0.759 e. The van der Waals surface area contributed by atoms with Gasteiger partial charge in [0.2, 0.25) is 0 Å². The predicted octanol–water partition coefficient (Wildman–Crippen LogP) is 3.74. The number of quaternary nitrogens is 2. The second-order valence-corrected chi connectivity index (χ2v) is 9.97. The van der Waals surface area contributed by atoms with Crippen molar-refractivity contribution in [1.82, 2.24) is 4.90 Å². The monoisotopic (exact) mass is 527 g/mol. The van der Waals surface area contributed by atoms with E-state index >= 15 is 0 Å². The van der Waals surface area contributed by atoms with Crippen molar-refractivity contribution in [2.24, 2.45) is 0 Å². The zero-order valence-electron chi connectivity index (χ0n) is 23.7. The molecule has 6 N–H and O–H groups in total. The molecule has 1 aliphatic rings. The van der Waals surface area contributed by atoms with Gasteiger partial charge in [0.05, 0.1) is 26.3 Å². The lowest BCUT2D eigenvalue weighted by atomic mass is 10.0. The van der Waals surface area contributed by atoms with E-state index in [4.69, 9.17) is 22.3 Å². The van der Waals surface area contributed by atoms with Crippen LogP contribution in [0.25, 0.3) is 0 Å². The summed E-state index contributed by atoms with van der Waals surface area (Å²) >= 11 is 0. The Hall–Kier alpha value is -0.290. The molecule has 0 spiro atoms. The van der Waals surface area contributed by atoms with E-state index in [1.54, 1.807) is 0 Å². The third-order valence-electron chi connectivity index (χ3n) is 5.65. The van der Waals surface area contributed by atoms with Gasteiger partial charge in [0.25, 0.3) is 0 Å². The Balaban J connectivity index is -0.000000781. The highest BCUT2D eigenvalue weighted by Gasteiger charge is 2.20. The molecule has 0 radical (unpaired) electrons. The summed E-state index contributed by atoms with van der Waals surface area (Å²) in [6.07, 6.45) is 21.6. The van der Waals surface area contributed by atoms with Crippen molar-refractivity contribution in [2.75, 3.05) is 39.4 Å². The fraction of sp³-hybridized carbons (Fsp3) is 1.00. The van der Waals surface area contributed by atoms with E-state index in [0.29, 0.717) is 6.04 Å². The van der Waals surface area contributed by atoms with Gasteiger partial charge in [-0.15, -0.1) is 0 Å². The molecule has 0 aromatic rings. The van der Waals surface area contributed by atoms with E-state index in [9.17, 15) is 0 Å². The van der Waals surface area contributed by atoms with Crippen LogP contribution in [0, 0.1) is 0 Å². The molecule has 1 fully saturated rings. The summed E-state index contributed by atoms with van der Waals surface area (Å²) in [6, 6.07) is 0.695. The molecule has 0 bridgehead atoms. The van der Waals surface area contributed by atoms with Gasteiger partial charge in [0.15, 0.2) is 0 Å². The minimum atomic E-state index is -5.17. The topological polar surface area (TPSA) is 148 Å². The van der Waals surface area contributed by atoms with Gasteiger partial charge in [0, 0.05) is 23.0 Å². The number of rotatable bonds is 16. The fourth-order valence-corrected chi connectivity index (χ4v) is 3.95. The van der Waals surface area contributed by atoms with Crippen LogP contribution in [-0.2, 0) is 15.1 Å². The zero-order chi connectivity index (χ0) is 27.2. The molecule has 1 rings (SSSR count). The molecular weight excluding hydrogens is 466 g/mol. The second kappa shape index (κ2) is 31.7. The minimum Gasteiger partial charge on any atom is -0.759 e. The average molecular weight is 528 g/mol. The van der Waals surface area contributed by atoms with Gasteiger partial charge in [-0.3, -0.25) is 13.3 Å². The lowest BCUT2D eigenvalue weighted by Crippen LogP contribution is -2.48. The van der Waals surface area contributed by atoms with Crippen LogP contribution in [-0.4, -0.2) is 67.9 Å². The quantitative estimate of drug-likeness (QED) is 0.177. The first-order chi connectivity index (χ1) is 16.7. The molecule has 0 aromatic carbocycles. The second-order valence-electron chi connectivity index (χ2n) is 9.15. The molecule has 216 valence electrons. The van der Waals surface area contributed by atoms with Crippen molar-refractivity contribution in [2.45, 2.75) is 130 Å². The van der Waals surface area contributed by atoms with Crippen molar-refractivity contribution < 1.29 is 33.7 Å². The molecular formula is C26H61N3O5S. The maximum atomic E-state index is 8.52. The van der Waals surface area contributed by atoms with E-state index in [-0.39, 0.29) is 0 Å². The van der Waals surface area contributed by atoms with Gasteiger partial charge < -0.3 is 25.3 Å². The number of hydrogen-bond donors (Lipinski definition) is 2. The third kappa shape index (κ3) is 41.1. The molecule has 1 unspecified atom stereocenters. The average Bonchev–Trinajstić information content (AvgIpc) is 2.79. The van der Waals surface area contributed by atoms with Gasteiger partial charge in [-0.2, -0.15) is 0 Å². The Labute approximate surface area is 218 Å². The summed E-state index contributed by atoms with van der Waals surface area (Å²) in [6.45, 7) is 14.8. The van der Waals surface area contributed by atoms with Crippen LogP contribution in [0.15, 0.2) is 0 Å². The van der Waals surface area contributed by atoms with Crippen LogP contribution in [0.4, 0.5) is 0 Å². The summed E-state index contributed by atoms with van der Waals surface area (Å²) in [5, 5.41) is 0. The van der Waals surface area contributed by atoms with Gasteiger partial charge in [0.1, 0.15) is 0 Å². The maximum Gasteiger partial charge on any atom is 0.0711 e. The molecule has 1 heterocycles. The zero-order valence-corrected chi connectivity index (χ0v) is 24.6. The van der Waals surface area contributed by atoms with E-state index < -0.39 is 10.4 Å². The third-order valence-corrected chi connectivity index (χ3v) is 5.65. The number of unbranched alkanes of at least 4 members (excludes halogenated alkanes) is 13. The highest BCUT2D eigenvalue weighted by Crippen LogP contribution is 2.16. The van der Waals surface area contributed by atoms with Crippen LogP contribution in [0.2, 0.25) is 0 Å². The normalized spacial score (nSPS) is 15.7. The van der Waals surface area contributed by atoms with Crippen molar-refractivity contribution in [3.8, 4) is 0 Å². The predicted molar refractivity (Wildman–Crippen MR) is 144 cm³/mol. The van der Waals surface area contributed by atoms with Crippen LogP contribution < -0.4 is 11.5 Å². The summed E-state index contributed by atoms with van der Waals surface area (Å²) in [7, 11) is -5.17. The molecule has 0 aromatic heterocycles. The van der Waals surface area contributed by atoms with Crippen molar-refractivity contribution in [1.29, 1.82) is 0 Å². The highest BCUT2D eigenvalue weighted by molar-refractivity contribution is 7.79. The minimum absolute atomic E-state index is 0.695. The molecule has 35 heavy (non-hydrogen) atoms. The maximum absolute atomic E-state index is 8.52. The van der Waals surface area contributed by atoms with E-state index in [2.05, 4.69) is 30.2 Å². The SMILES string of the molecule is CCCCCCCCCCCCCCCCC1COCCN1CC.CC[NH3+].CC[NH3+].O=S(=O)([O-])[O-]. The smallest absolute Gasteiger partial charge is 0.0711 e. The molecule has 0 amide bonds. The summed E-state index contributed by atoms with van der Waals surface area (Å²) in [4.78, 5) is 2.60. The van der Waals surface area contributed by atoms with Gasteiger partial charge >= 0.3 is 0 Å².